The zero-order valence-corrected chi connectivity index (χ0v) is 14.6. The number of hydrogen-bond donors (Lipinski definition) is 1. The summed E-state index contributed by atoms with van der Waals surface area (Å²) in [4.78, 5) is 3.97. The number of nitrogens with one attached hydrogen (secondary N) is 1. The highest BCUT2D eigenvalue weighted by molar-refractivity contribution is 7.89. The standard InChI is InChI=1S/C15H20N4O4S/c1-10-13(9-17-19(10)2)15-14(4-5-23-15)18-24(20,21)12-6-11(22-3)7-16-8-12/h6-9,14-15,18H,4-5H2,1-3H3/t14-,15+/m0/s1. The molecule has 0 saturated carbocycles. The van der Waals surface area contributed by atoms with Crippen LogP contribution in [-0.2, 0) is 21.8 Å². The first kappa shape index (κ1) is 16.9. The third-order valence-electron chi connectivity index (χ3n) is 4.21. The van der Waals surface area contributed by atoms with Crippen molar-refractivity contribution in [2.75, 3.05) is 13.7 Å². The fourth-order valence-corrected chi connectivity index (χ4v) is 3.98. The van der Waals surface area contributed by atoms with Crippen LogP contribution in [0.1, 0.15) is 23.8 Å². The van der Waals surface area contributed by atoms with E-state index in [1.807, 2.05) is 14.0 Å². The summed E-state index contributed by atoms with van der Waals surface area (Å²) in [6, 6.07) is 1.08. The molecule has 0 amide bonds. The van der Waals surface area contributed by atoms with Crippen molar-refractivity contribution in [3.05, 3.63) is 35.9 Å². The summed E-state index contributed by atoms with van der Waals surface area (Å²) in [5, 5.41) is 4.21. The number of sulfonamides is 1. The van der Waals surface area contributed by atoms with Crippen LogP contribution >= 0.6 is 0 Å². The van der Waals surface area contributed by atoms with Gasteiger partial charge in [-0.15, -0.1) is 0 Å². The Bertz CT molecular complexity index is 834. The summed E-state index contributed by atoms with van der Waals surface area (Å²) in [6.07, 6.45) is 4.71. The lowest BCUT2D eigenvalue weighted by molar-refractivity contribution is 0.102. The molecule has 3 heterocycles. The predicted octanol–water partition coefficient (Wildman–Crippen LogP) is 0.941. The predicted molar refractivity (Wildman–Crippen MR) is 86.2 cm³/mol. The van der Waals surface area contributed by atoms with Gasteiger partial charge in [0.1, 0.15) is 16.7 Å². The molecular weight excluding hydrogens is 332 g/mol. The van der Waals surface area contributed by atoms with Crippen molar-refractivity contribution in [2.24, 2.45) is 7.05 Å². The van der Waals surface area contributed by atoms with Gasteiger partial charge in [-0.2, -0.15) is 5.10 Å². The molecule has 2 aromatic rings. The number of hydrogen-bond acceptors (Lipinski definition) is 6. The highest BCUT2D eigenvalue weighted by Crippen LogP contribution is 2.32. The van der Waals surface area contributed by atoms with E-state index >= 15 is 0 Å². The van der Waals surface area contributed by atoms with E-state index in [0.29, 0.717) is 18.8 Å². The molecular formula is C15H20N4O4S. The molecule has 0 aromatic carbocycles. The summed E-state index contributed by atoms with van der Waals surface area (Å²) < 4.78 is 40.5. The molecule has 8 nitrogen and oxygen atoms in total. The van der Waals surface area contributed by atoms with Crippen LogP contribution in [0.3, 0.4) is 0 Å². The number of aromatic nitrogens is 3. The van der Waals surface area contributed by atoms with Gasteiger partial charge in [0, 0.05) is 37.2 Å². The van der Waals surface area contributed by atoms with Gasteiger partial charge in [-0.25, -0.2) is 13.1 Å². The van der Waals surface area contributed by atoms with Crippen molar-refractivity contribution in [3.8, 4) is 5.75 Å². The topological polar surface area (TPSA) is 95.3 Å². The quantitative estimate of drug-likeness (QED) is 0.860. The average Bonchev–Trinajstić information content (AvgIpc) is 3.14. The van der Waals surface area contributed by atoms with Crippen molar-refractivity contribution < 1.29 is 17.9 Å². The molecule has 0 spiro atoms. The molecule has 130 valence electrons. The molecule has 9 heteroatoms. The number of methoxy groups -OCH3 is 1. The molecule has 1 aliphatic rings. The number of rotatable bonds is 5. The van der Waals surface area contributed by atoms with Gasteiger partial charge in [-0.05, 0) is 13.3 Å². The van der Waals surface area contributed by atoms with Crippen LogP contribution in [0, 0.1) is 6.92 Å². The van der Waals surface area contributed by atoms with Crippen LogP contribution in [0.5, 0.6) is 5.75 Å². The van der Waals surface area contributed by atoms with E-state index in [0.717, 1.165) is 11.3 Å². The second-order valence-electron chi connectivity index (χ2n) is 5.68. The van der Waals surface area contributed by atoms with Crippen LogP contribution in [0.15, 0.2) is 29.6 Å². The van der Waals surface area contributed by atoms with E-state index < -0.39 is 10.0 Å². The minimum atomic E-state index is -3.72. The van der Waals surface area contributed by atoms with Gasteiger partial charge in [0.15, 0.2) is 0 Å². The van der Waals surface area contributed by atoms with Gasteiger partial charge < -0.3 is 9.47 Å². The highest BCUT2D eigenvalue weighted by atomic mass is 32.2. The van der Waals surface area contributed by atoms with Gasteiger partial charge in [0.25, 0.3) is 0 Å². The van der Waals surface area contributed by atoms with Crippen LogP contribution in [-0.4, -0.2) is 42.9 Å². The van der Waals surface area contributed by atoms with E-state index in [-0.39, 0.29) is 17.0 Å². The normalized spacial score (nSPS) is 21.1. The zero-order chi connectivity index (χ0) is 17.3. The number of nitrogens with zero attached hydrogens (tertiary/aromatic N) is 3. The zero-order valence-electron chi connectivity index (χ0n) is 13.8. The van der Waals surface area contributed by atoms with Crippen molar-refractivity contribution in [2.45, 2.75) is 30.4 Å². The lowest BCUT2D eigenvalue weighted by Gasteiger charge is -2.20. The Balaban J connectivity index is 1.84. The van der Waals surface area contributed by atoms with E-state index in [2.05, 4.69) is 14.8 Å². The molecule has 1 aliphatic heterocycles. The van der Waals surface area contributed by atoms with Crippen molar-refractivity contribution in [1.29, 1.82) is 0 Å². The number of aryl methyl sites for hydroxylation is 1. The Morgan fingerprint density at radius 1 is 1.38 bits per heavy atom. The Morgan fingerprint density at radius 2 is 2.17 bits per heavy atom. The molecule has 24 heavy (non-hydrogen) atoms. The Morgan fingerprint density at radius 3 is 2.83 bits per heavy atom. The third kappa shape index (κ3) is 3.14. The molecule has 2 aromatic heterocycles. The first-order chi connectivity index (χ1) is 11.4. The van der Waals surface area contributed by atoms with E-state index in [1.165, 1.54) is 25.6 Å². The second-order valence-corrected chi connectivity index (χ2v) is 7.39. The molecule has 0 aliphatic carbocycles. The fourth-order valence-electron chi connectivity index (χ4n) is 2.74. The first-order valence-electron chi connectivity index (χ1n) is 7.54. The molecule has 1 fully saturated rings. The minimum absolute atomic E-state index is 0.0652. The molecule has 1 N–H and O–H groups in total. The van der Waals surface area contributed by atoms with Crippen LogP contribution in [0.2, 0.25) is 0 Å². The summed E-state index contributed by atoms with van der Waals surface area (Å²) in [6.45, 7) is 2.42. The molecule has 0 bridgehead atoms. The Labute approximate surface area is 140 Å². The summed E-state index contributed by atoms with van der Waals surface area (Å²) in [7, 11) is -0.416. The van der Waals surface area contributed by atoms with Gasteiger partial charge >= 0.3 is 0 Å². The van der Waals surface area contributed by atoms with Gasteiger partial charge in [-0.1, -0.05) is 0 Å². The maximum Gasteiger partial charge on any atom is 0.242 e. The lowest BCUT2D eigenvalue weighted by atomic mass is 10.0. The molecule has 2 atom stereocenters. The second kappa shape index (κ2) is 6.50. The largest absolute Gasteiger partial charge is 0.495 e. The van der Waals surface area contributed by atoms with E-state index in [4.69, 9.17) is 9.47 Å². The van der Waals surface area contributed by atoms with Gasteiger partial charge in [0.2, 0.25) is 10.0 Å². The fraction of sp³-hybridized carbons (Fsp3) is 0.467. The molecule has 0 radical (unpaired) electrons. The smallest absolute Gasteiger partial charge is 0.242 e. The van der Waals surface area contributed by atoms with Crippen molar-refractivity contribution in [1.82, 2.24) is 19.5 Å². The molecule has 0 unspecified atom stereocenters. The summed E-state index contributed by atoms with van der Waals surface area (Å²) in [5.41, 5.74) is 1.85. The highest BCUT2D eigenvalue weighted by Gasteiger charge is 2.35. The Kier molecular flexibility index (Phi) is 4.57. The molecule has 1 saturated heterocycles. The van der Waals surface area contributed by atoms with Crippen LogP contribution in [0.4, 0.5) is 0 Å². The van der Waals surface area contributed by atoms with Gasteiger partial charge in [0.05, 0.1) is 25.5 Å². The summed E-state index contributed by atoms with van der Waals surface area (Å²) >= 11 is 0. The average molecular weight is 352 g/mol. The molecule has 3 rings (SSSR count). The van der Waals surface area contributed by atoms with Crippen LogP contribution in [0.25, 0.3) is 0 Å². The third-order valence-corrected chi connectivity index (χ3v) is 5.67. The maximum absolute atomic E-state index is 12.6. The number of ether oxygens (including phenoxy) is 2. The minimum Gasteiger partial charge on any atom is -0.495 e. The number of pyridine rings is 1. The Hall–Kier alpha value is -1.97. The van der Waals surface area contributed by atoms with E-state index in [1.54, 1.807) is 10.9 Å². The van der Waals surface area contributed by atoms with Crippen LogP contribution < -0.4 is 9.46 Å². The van der Waals surface area contributed by atoms with Gasteiger partial charge in [-0.3, -0.25) is 9.67 Å². The van der Waals surface area contributed by atoms with E-state index in [9.17, 15) is 8.42 Å². The first-order valence-corrected chi connectivity index (χ1v) is 9.02. The van der Waals surface area contributed by atoms with Crippen molar-refractivity contribution >= 4 is 10.0 Å². The van der Waals surface area contributed by atoms with Crippen molar-refractivity contribution in [3.63, 3.8) is 0 Å². The maximum atomic E-state index is 12.6. The SMILES string of the molecule is COc1cncc(S(=O)(=O)N[C@H]2CCO[C@@H]2c2cnn(C)c2C)c1. The summed E-state index contributed by atoms with van der Waals surface area (Å²) in [5.74, 6) is 0.389. The lowest BCUT2D eigenvalue weighted by Crippen LogP contribution is -2.37. The monoisotopic (exact) mass is 352 g/mol.